The van der Waals surface area contributed by atoms with Gasteiger partial charge in [-0.05, 0) is 36.8 Å². The fraction of sp³-hybridized carbons (Fsp3) is 0.250. The van der Waals surface area contributed by atoms with Crippen molar-refractivity contribution in [3.8, 4) is 5.75 Å². The number of hydrogen-bond donors (Lipinski definition) is 3. The summed E-state index contributed by atoms with van der Waals surface area (Å²) in [5, 5.41) is 5.44. The highest BCUT2D eigenvalue weighted by molar-refractivity contribution is 6.11. The van der Waals surface area contributed by atoms with Gasteiger partial charge in [-0.2, -0.15) is 0 Å². The number of amides is 3. The first-order valence-corrected chi connectivity index (χ1v) is 9.04. The van der Waals surface area contributed by atoms with Crippen LogP contribution in [0, 0.1) is 0 Å². The topological polar surface area (TPSA) is 114 Å². The van der Waals surface area contributed by atoms with Gasteiger partial charge in [0, 0.05) is 18.7 Å². The van der Waals surface area contributed by atoms with Crippen molar-refractivity contribution >= 4 is 29.3 Å². The van der Waals surface area contributed by atoms with Crippen molar-refractivity contribution < 1.29 is 19.1 Å². The molecule has 28 heavy (non-hydrogen) atoms. The Morgan fingerprint density at radius 1 is 1.21 bits per heavy atom. The molecule has 0 aromatic heterocycles. The van der Waals surface area contributed by atoms with E-state index >= 15 is 0 Å². The molecule has 3 amide bonds. The van der Waals surface area contributed by atoms with Crippen molar-refractivity contribution in [2.75, 3.05) is 23.3 Å². The summed E-state index contributed by atoms with van der Waals surface area (Å²) >= 11 is 0. The van der Waals surface area contributed by atoms with Gasteiger partial charge in [-0.15, -0.1) is 0 Å². The van der Waals surface area contributed by atoms with E-state index < -0.39 is 12.1 Å². The van der Waals surface area contributed by atoms with E-state index in [0.29, 0.717) is 42.2 Å². The Morgan fingerprint density at radius 3 is 2.64 bits per heavy atom. The number of fused-ring (bicyclic) bond motifs is 1. The van der Waals surface area contributed by atoms with Gasteiger partial charge in [0.15, 0.2) is 0 Å². The first-order valence-electron chi connectivity index (χ1n) is 9.04. The van der Waals surface area contributed by atoms with Gasteiger partial charge < -0.3 is 21.1 Å². The largest absolute Gasteiger partial charge is 0.420 e. The van der Waals surface area contributed by atoms with Crippen LogP contribution in [0.1, 0.15) is 23.7 Å². The molecule has 3 rings (SSSR count). The van der Waals surface area contributed by atoms with Gasteiger partial charge in [0.25, 0.3) is 5.91 Å². The lowest BCUT2D eigenvalue weighted by Crippen LogP contribution is -2.51. The third-order valence-electron chi connectivity index (χ3n) is 4.35. The minimum atomic E-state index is -0.708. The van der Waals surface area contributed by atoms with Crippen molar-refractivity contribution in [3.05, 3.63) is 54.1 Å². The molecule has 2 aromatic rings. The van der Waals surface area contributed by atoms with Crippen molar-refractivity contribution in [2.24, 2.45) is 5.73 Å². The number of benzene rings is 2. The van der Waals surface area contributed by atoms with Crippen molar-refractivity contribution in [3.63, 3.8) is 0 Å². The van der Waals surface area contributed by atoms with Crippen molar-refractivity contribution in [1.29, 1.82) is 0 Å². The fourth-order valence-corrected chi connectivity index (χ4v) is 3.01. The van der Waals surface area contributed by atoms with Crippen LogP contribution in [-0.4, -0.2) is 37.0 Å². The van der Waals surface area contributed by atoms with Crippen LogP contribution in [0.2, 0.25) is 0 Å². The Bertz CT molecular complexity index is 885. The molecule has 8 nitrogen and oxygen atoms in total. The smallest absolute Gasteiger partial charge is 0.410 e. The van der Waals surface area contributed by atoms with Gasteiger partial charge in [0.2, 0.25) is 5.91 Å². The summed E-state index contributed by atoms with van der Waals surface area (Å²) in [4.78, 5) is 38.9. The van der Waals surface area contributed by atoms with E-state index in [1.807, 2.05) is 13.0 Å². The maximum Gasteiger partial charge on any atom is 0.420 e. The molecule has 1 heterocycles. The zero-order valence-electron chi connectivity index (χ0n) is 15.5. The van der Waals surface area contributed by atoms with Crippen LogP contribution >= 0.6 is 0 Å². The number of rotatable bonds is 5. The highest BCUT2D eigenvalue weighted by atomic mass is 16.6. The van der Waals surface area contributed by atoms with E-state index in [9.17, 15) is 14.4 Å². The second-order valence-electron chi connectivity index (χ2n) is 6.24. The number of para-hydroxylation sites is 1. The fourth-order valence-electron chi connectivity index (χ4n) is 3.01. The van der Waals surface area contributed by atoms with Gasteiger partial charge in [-0.1, -0.05) is 25.1 Å². The van der Waals surface area contributed by atoms with Crippen LogP contribution < -0.4 is 26.0 Å². The Balaban J connectivity index is 1.92. The predicted molar refractivity (Wildman–Crippen MR) is 105 cm³/mol. The number of nitrogens with two attached hydrogens (primary N) is 1. The van der Waals surface area contributed by atoms with Crippen LogP contribution in [0.4, 0.5) is 16.2 Å². The summed E-state index contributed by atoms with van der Waals surface area (Å²) in [6, 6.07) is 12.7. The first-order chi connectivity index (χ1) is 13.5. The first kappa shape index (κ1) is 19.4. The van der Waals surface area contributed by atoms with E-state index in [0.717, 1.165) is 0 Å². The van der Waals surface area contributed by atoms with E-state index in [2.05, 4.69) is 10.6 Å². The third kappa shape index (κ3) is 3.96. The number of anilines is 2. The highest BCUT2D eigenvalue weighted by Crippen LogP contribution is 2.34. The predicted octanol–water partition coefficient (Wildman–Crippen LogP) is 2.11. The molecule has 1 unspecified atom stereocenters. The van der Waals surface area contributed by atoms with Gasteiger partial charge in [0.1, 0.15) is 11.8 Å². The standard InChI is InChI=1S/C20H22N4O4/c1-2-16-19(26)23-15-12-13(18(25)22-11-10-21)8-9-17(15)24(16)20(27)28-14-6-4-3-5-7-14/h3-9,12,16H,2,10-11,21H2,1H3,(H,22,25)(H,23,26). The van der Waals surface area contributed by atoms with Crippen LogP contribution in [0.3, 0.4) is 0 Å². The number of nitrogens with zero attached hydrogens (tertiary/aromatic N) is 1. The molecule has 0 bridgehead atoms. The summed E-state index contributed by atoms with van der Waals surface area (Å²) in [7, 11) is 0. The summed E-state index contributed by atoms with van der Waals surface area (Å²) < 4.78 is 5.44. The molecule has 8 heteroatoms. The normalized spacial score (nSPS) is 15.4. The molecule has 146 valence electrons. The van der Waals surface area contributed by atoms with Crippen molar-refractivity contribution in [2.45, 2.75) is 19.4 Å². The Hall–Kier alpha value is -3.39. The third-order valence-corrected chi connectivity index (χ3v) is 4.35. The highest BCUT2D eigenvalue weighted by Gasteiger charge is 2.37. The van der Waals surface area contributed by atoms with E-state index in [-0.39, 0.29) is 11.8 Å². The zero-order chi connectivity index (χ0) is 20.1. The monoisotopic (exact) mass is 382 g/mol. The van der Waals surface area contributed by atoms with Gasteiger partial charge >= 0.3 is 6.09 Å². The molecule has 1 aliphatic rings. The molecule has 0 saturated carbocycles. The zero-order valence-corrected chi connectivity index (χ0v) is 15.5. The quantitative estimate of drug-likeness (QED) is 0.733. The van der Waals surface area contributed by atoms with Crippen LogP contribution in [-0.2, 0) is 4.79 Å². The maximum absolute atomic E-state index is 12.8. The second-order valence-corrected chi connectivity index (χ2v) is 6.24. The molecule has 4 N–H and O–H groups in total. The molecule has 0 radical (unpaired) electrons. The van der Waals surface area contributed by atoms with Crippen LogP contribution in [0.25, 0.3) is 0 Å². The summed E-state index contributed by atoms with van der Waals surface area (Å²) in [6.07, 6.45) is -0.247. The Labute approximate surface area is 162 Å². The average molecular weight is 382 g/mol. The lowest BCUT2D eigenvalue weighted by atomic mass is 10.0. The summed E-state index contributed by atoms with van der Waals surface area (Å²) in [6.45, 7) is 2.48. The SMILES string of the molecule is CCC1C(=O)Nc2cc(C(=O)NCCN)ccc2N1C(=O)Oc1ccccc1. The number of nitrogens with one attached hydrogen (secondary N) is 2. The lowest BCUT2D eigenvalue weighted by Gasteiger charge is -2.35. The Morgan fingerprint density at radius 2 is 1.96 bits per heavy atom. The molecule has 0 saturated heterocycles. The molecule has 1 aliphatic heterocycles. The van der Waals surface area contributed by atoms with Crippen LogP contribution in [0.5, 0.6) is 5.75 Å². The molecule has 0 aliphatic carbocycles. The molecular weight excluding hydrogens is 360 g/mol. The average Bonchev–Trinajstić information content (AvgIpc) is 2.71. The summed E-state index contributed by atoms with van der Waals surface area (Å²) in [5.41, 5.74) is 6.61. The van der Waals surface area contributed by atoms with Crippen LogP contribution in [0.15, 0.2) is 48.5 Å². The minimum absolute atomic E-state index is 0.307. The van der Waals surface area contributed by atoms with E-state index in [1.54, 1.807) is 36.4 Å². The second kappa shape index (κ2) is 8.53. The number of hydrogen-bond acceptors (Lipinski definition) is 5. The number of carbonyl (C=O) groups is 3. The van der Waals surface area contributed by atoms with E-state index in [1.165, 1.54) is 11.0 Å². The van der Waals surface area contributed by atoms with Gasteiger partial charge in [-0.25, -0.2) is 4.79 Å². The van der Waals surface area contributed by atoms with Gasteiger partial charge in [0.05, 0.1) is 11.4 Å². The maximum atomic E-state index is 12.8. The molecule has 2 aromatic carbocycles. The molecular formula is C20H22N4O4. The van der Waals surface area contributed by atoms with E-state index in [4.69, 9.17) is 10.5 Å². The lowest BCUT2D eigenvalue weighted by molar-refractivity contribution is -0.117. The molecule has 0 spiro atoms. The minimum Gasteiger partial charge on any atom is -0.410 e. The Kier molecular flexibility index (Phi) is 5.90. The molecule has 0 fully saturated rings. The molecule has 1 atom stereocenters. The van der Waals surface area contributed by atoms with Gasteiger partial charge in [-0.3, -0.25) is 14.5 Å². The number of ether oxygens (including phenoxy) is 1. The van der Waals surface area contributed by atoms with Crippen molar-refractivity contribution in [1.82, 2.24) is 5.32 Å². The number of carbonyl (C=O) groups excluding carboxylic acids is 3. The summed E-state index contributed by atoms with van der Waals surface area (Å²) in [5.74, 6) is -0.259.